The van der Waals surface area contributed by atoms with E-state index in [9.17, 15) is 4.79 Å². The van der Waals surface area contributed by atoms with E-state index in [1.54, 1.807) is 0 Å². The van der Waals surface area contributed by atoms with Gasteiger partial charge in [0.2, 0.25) is 5.91 Å². The van der Waals surface area contributed by atoms with Gasteiger partial charge in [0.15, 0.2) is 0 Å². The maximum absolute atomic E-state index is 11.7. The highest BCUT2D eigenvalue weighted by Gasteiger charge is 2.06. The minimum absolute atomic E-state index is 0. The second-order valence-corrected chi connectivity index (χ2v) is 5.24. The monoisotopic (exact) mass is 309 g/mol. The molecule has 2 aromatic rings. The summed E-state index contributed by atoms with van der Waals surface area (Å²) in [5.74, 6) is 0.113. The van der Waals surface area contributed by atoms with Gasteiger partial charge in [-0.15, -0.1) is 12.4 Å². The average Bonchev–Trinajstić information content (AvgIpc) is 2.72. The van der Waals surface area contributed by atoms with E-state index >= 15 is 0 Å². The summed E-state index contributed by atoms with van der Waals surface area (Å²) >= 11 is 0. The standard InChI is InChI=1S/C16H23N3O.ClH/c1-11-12(2)19-15-7-6-13(9-14(11)15)10-18-16(20)5-4-8-17-3;/h6-7,9,17,19H,4-5,8,10H2,1-3H3,(H,18,20);1H. The van der Waals surface area contributed by atoms with Crippen molar-refractivity contribution in [3.05, 3.63) is 35.0 Å². The van der Waals surface area contributed by atoms with Gasteiger partial charge in [0.1, 0.15) is 0 Å². The van der Waals surface area contributed by atoms with E-state index in [0.717, 1.165) is 24.0 Å². The van der Waals surface area contributed by atoms with E-state index < -0.39 is 0 Å². The van der Waals surface area contributed by atoms with E-state index in [1.165, 1.54) is 16.6 Å². The summed E-state index contributed by atoms with van der Waals surface area (Å²) in [6.45, 7) is 5.67. The molecule has 0 atom stereocenters. The molecule has 0 spiro atoms. The van der Waals surface area contributed by atoms with Crippen molar-refractivity contribution in [2.75, 3.05) is 13.6 Å². The third kappa shape index (κ3) is 4.48. The molecule has 0 fully saturated rings. The van der Waals surface area contributed by atoms with Gasteiger partial charge >= 0.3 is 0 Å². The smallest absolute Gasteiger partial charge is 0.220 e. The molecule has 0 bridgehead atoms. The number of aromatic nitrogens is 1. The van der Waals surface area contributed by atoms with E-state index in [-0.39, 0.29) is 18.3 Å². The maximum atomic E-state index is 11.7. The fraction of sp³-hybridized carbons (Fsp3) is 0.438. The summed E-state index contributed by atoms with van der Waals surface area (Å²) in [6, 6.07) is 6.30. The first kappa shape index (κ1) is 17.5. The number of amides is 1. The van der Waals surface area contributed by atoms with Crippen LogP contribution >= 0.6 is 12.4 Å². The number of rotatable bonds is 6. The van der Waals surface area contributed by atoms with Crippen LogP contribution in [0.15, 0.2) is 18.2 Å². The average molecular weight is 310 g/mol. The first-order chi connectivity index (χ1) is 9.61. The van der Waals surface area contributed by atoms with Crippen LogP contribution in [0.25, 0.3) is 10.9 Å². The Bertz CT molecular complexity index is 607. The molecule has 0 radical (unpaired) electrons. The van der Waals surface area contributed by atoms with Crippen molar-refractivity contribution in [3.8, 4) is 0 Å². The Morgan fingerprint density at radius 2 is 2.05 bits per heavy atom. The predicted molar refractivity (Wildman–Crippen MR) is 90.0 cm³/mol. The number of halogens is 1. The van der Waals surface area contributed by atoms with Crippen molar-refractivity contribution in [3.63, 3.8) is 0 Å². The summed E-state index contributed by atoms with van der Waals surface area (Å²) < 4.78 is 0. The molecule has 0 aliphatic carbocycles. The highest BCUT2D eigenvalue weighted by Crippen LogP contribution is 2.22. The molecule has 0 unspecified atom stereocenters. The number of fused-ring (bicyclic) bond motifs is 1. The van der Waals surface area contributed by atoms with Gasteiger partial charge < -0.3 is 15.6 Å². The van der Waals surface area contributed by atoms with Crippen LogP contribution in [0, 0.1) is 13.8 Å². The summed E-state index contributed by atoms with van der Waals surface area (Å²) in [6.07, 6.45) is 1.45. The molecule has 0 aliphatic rings. The molecule has 4 nitrogen and oxygen atoms in total. The quantitative estimate of drug-likeness (QED) is 0.719. The molecule has 2 rings (SSSR count). The predicted octanol–water partition coefficient (Wildman–Crippen LogP) is 2.82. The number of H-pyrrole nitrogens is 1. The fourth-order valence-corrected chi connectivity index (χ4v) is 2.33. The van der Waals surface area contributed by atoms with Crippen LogP contribution in [-0.4, -0.2) is 24.5 Å². The summed E-state index contributed by atoms with van der Waals surface area (Å²) in [7, 11) is 1.90. The second-order valence-electron chi connectivity index (χ2n) is 5.24. The zero-order valence-corrected chi connectivity index (χ0v) is 13.7. The normalized spacial score (nSPS) is 10.4. The van der Waals surface area contributed by atoms with Crippen molar-refractivity contribution in [1.29, 1.82) is 0 Å². The Morgan fingerprint density at radius 3 is 2.76 bits per heavy atom. The Hall–Kier alpha value is -1.52. The minimum Gasteiger partial charge on any atom is -0.358 e. The number of benzene rings is 1. The fourth-order valence-electron chi connectivity index (χ4n) is 2.33. The zero-order valence-electron chi connectivity index (χ0n) is 12.9. The van der Waals surface area contributed by atoms with Crippen LogP contribution in [0.2, 0.25) is 0 Å². The van der Waals surface area contributed by atoms with E-state index in [1.807, 2.05) is 7.05 Å². The Kier molecular flexibility index (Phi) is 6.72. The number of hydrogen-bond acceptors (Lipinski definition) is 2. The van der Waals surface area contributed by atoms with Crippen LogP contribution in [0.5, 0.6) is 0 Å². The van der Waals surface area contributed by atoms with Crippen molar-refractivity contribution >= 4 is 29.2 Å². The van der Waals surface area contributed by atoms with Crippen LogP contribution in [0.3, 0.4) is 0 Å². The second kappa shape index (κ2) is 8.05. The van der Waals surface area contributed by atoms with Gasteiger partial charge in [-0.25, -0.2) is 0 Å². The van der Waals surface area contributed by atoms with Gasteiger partial charge in [-0.3, -0.25) is 4.79 Å². The van der Waals surface area contributed by atoms with Gasteiger partial charge in [-0.1, -0.05) is 6.07 Å². The van der Waals surface area contributed by atoms with Crippen molar-refractivity contribution in [1.82, 2.24) is 15.6 Å². The third-order valence-corrected chi connectivity index (χ3v) is 3.69. The summed E-state index contributed by atoms with van der Waals surface area (Å²) in [5.41, 5.74) is 4.78. The minimum atomic E-state index is 0. The van der Waals surface area contributed by atoms with Crippen molar-refractivity contribution in [2.24, 2.45) is 0 Å². The number of nitrogens with one attached hydrogen (secondary N) is 3. The molecule has 1 heterocycles. The van der Waals surface area contributed by atoms with Crippen LogP contribution in [0.4, 0.5) is 0 Å². The lowest BCUT2D eigenvalue weighted by molar-refractivity contribution is -0.121. The zero-order chi connectivity index (χ0) is 14.5. The van der Waals surface area contributed by atoms with Gasteiger partial charge in [-0.05, 0) is 57.1 Å². The molecule has 21 heavy (non-hydrogen) atoms. The van der Waals surface area contributed by atoms with E-state index in [4.69, 9.17) is 0 Å². The molecule has 1 aromatic carbocycles. The van der Waals surface area contributed by atoms with Crippen molar-refractivity contribution < 1.29 is 4.79 Å². The van der Waals surface area contributed by atoms with Gasteiger partial charge in [0.25, 0.3) is 0 Å². The topological polar surface area (TPSA) is 56.9 Å². The number of aromatic amines is 1. The number of hydrogen-bond donors (Lipinski definition) is 3. The highest BCUT2D eigenvalue weighted by molar-refractivity contribution is 5.85. The molecule has 1 aromatic heterocycles. The molecule has 3 N–H and O–H groups in total. The first-order valence-electron chi connectivity index (χ1n) is 7.11. The Balaban J connectivity index is 0.00000220. The van der Waals surface area contributed by atoms with Crippen molar-refractivity contribution in [2.45, 2.75) is 33.2 Å². The largest absolute Gasteiger partial charge is 0.358 e. The Labute approximate surface area is 132 Å². The molecule has 0 saturated heterocycles. The lowest BCUT2D eigenvalue weighted by atomic mass is 10.1. The lowest BCUT2D eigenvalue weighted by Crippen LogP contribution is -2.23. The number of carbonyl (C=O) groups excluding carboxylic acids is 1. The van der Waals surface area contributed by atoms with Gasteiger partial charge in [0.05, 0.1) is 0 Å². The van der Waals surface area contributed by atoms with Crippen LogP contribution in [-0.2, 0) is 11.3 Å². The highest BCUT2D eigenvalue weighted by atomic mass is 35.5. The molecule has 1 amide bonds. The molecule has 0 aliphatic heterocycles. The van der Waals surface area contributed by atoms with Gasteiger partial charge in [0, 0.05) is 29.6 Å². The SMILES string of the molecule is CNCCCC(=O)NCc1ccc2[nH]c(C)c(C)c2c1.Cl. The summed E-state index contributed by atoms with van der Waals surface area (Å²) in [4.78, 5) is 15.0. The number of carbonyl (C=O) groups is 1. The van der Waals surface area contributed by atoms with Crippen LogP contribution < -0.4 is 10.6 Å². The molecule has 0 saturated carbocycles. The maximum Gasteiger partial charge on any atom is 0.220 e. The number of aryl methyl sites for hydroxylation is 2. The lowest BCUT2D eigenvalue weighted by Gasteiger charge is -2.06. The van der Waals surface area contributed by atoms with E-state index in [2.05, 4.69) is 47.7 Å². The molecule has 5 heteroatoms. The third-order valence-electron chi connectivity index (χ3n) is 3.69. The van der Waals surface area contributed by atoms with Gasteiger partial charge in [-0.2, -0.15) is 0 Å². The van der Waals surface area contributed by atoms with Crippen LogP contribution in [0.1, 0.15) is 29.7 Å². The molecular weight excluding hydrogens is 286 g/mol. The molecule has 116 valence electrons. The van der Waals surface area contributed by atoms with E-state index in [0.29, 0.717) is 13.0 Å². The molecular formula is C16H24ClN3O. The first-order valence-corrected chi connectivity index (χ1v) is 7.11. The summed E-state index contributed by atoms with van der Waals surface area (Å²) in [5, 5.41) is 7.25. The Morgan fingerprint density at radius 1 is 1.29 bits per heavy atom.